The highest BCUT2D eigenvalue weighted by atomic mass is 19.4. The Morgan fingerprint density at radius 2 is 2.00 bits per heavy atom. The topological polar surface area (TPSA) is 69.6 Å². The third kappa shape index (κ3) is 5.75. The van der Waals surface area contributed by atoms with Crippen molar-refractivity contribution in [3.8, 4) is 0 Å². The molecule has 5 nitrogen and oxygen atoms in total. The minimum absolute atomic E-state index is 0.0599. The van der Waals surface area contributed by atoms with Crippen LogP contribution >= 0.6 is 0 Å². The molecule has 0 saturated carbocycles. The van der Waals surface area contributed by atoms with Crippen molar-refractivity contribution in [2.45, 2.75) is 38.9 Å². The molecule has 1 aromatic carbocycles. The second kappa shape index (κ2) is 8.56. The number of nitrogens with one attached hydrogen (secondary N) is 1. The molecule has 1 unspecified atom stereocenters. The average Bonchev–Trinajstić information content (AvgIpc) is 2.51. The van der Waals surface area contributed by atoms with Gasteiger partial charge in [-0.05, 0) is 38.0 Å². The fourth-order valence-electron chi connectivity index (χ4n) is 2.28. The molecule has 2 N–H and O–H groups in total. The van der Waals surface area contributed by atoms with Crippen molar-refractivity contribution in [1.29, 1.82) is 0 Å². The molecule has 1 rings (SSSR count). The first-order valence-electron chi connectivity index (χ1n) is 7.60. The quantitative estimate of drug-likeness (QED) is 0.740. The third-order valence-corrected chi connectivity index (χ3v) is 3.61. The summed E-state index contributed by atoms with van der Waals surface area (Å²) in [6, 6.07) is 3.89. The number of carboxylic acids is 1. The molecule has 1 aromatic rings. The summed E-state index contributed by atoms with van der Waals surface area (Å²) in [6.07, 6.45) is -4.21. The van der Waals surface area contributed by atoms with Crippen LogP contribution in [0.2, 0.25) is 0 Å². The van der Waals surface area contributed by atoms with Crippen molar-refractivity contribution >= 4 is 12.0 Å². The van der Waals surface area contributed by atoms with Crippen molar-refractivity contribution in [2.24, 2.45) is 0 Å². The molecule has 0 spiro atoms. The number of nitrogens with zero attached hydrogens (tertiary/aromatic N) is 1. The summed E-state index contributed by atoms with van der Waals surface area (Å²) in [5.74, 6) is -0.950. The van der Waals surface area contributed by atoms with Gasteiger partial charge in [0.2, 0.25) is 0 Å². The van der Waals surface area contributed by atoms with E-state index in [1.807, 2.05) is 0 Å². The van der Waals surface area contributed by atoms with Crippen LogP contribution in [0.15, 0.2) is 24.3 Å². The minimum Gasteiger partial charge on any atom is -0.481 e. The summed E-state index contributed by atoms with van der Waals surface area (Å²) in [5.41, 5.74) is -0.378. The maximum atomic E-state index is 12.8. The molecule has 0 aliphatic carbocycles. The van der Waals surface area contributed by atoms with Crippen LogP contribution in [0.4, 0.5) is 18.0 Å². The Kier molecular flexibility index (Phi) is 7.06. The van der Waals surface area contributed by atoms with Crippen molar-refractivity contribution < 1.29 is 27.9 Å². The fourth-order valence-corrected chi connectivity index (χ4v) is 2.28. The first-order valence-corrected chi connectivity index (χ1v) is 7.60. The van der Waals surface area contributed by atoms with Crippen molar-refractivity contribution in [3.05, 3.63) is 35.4 Å². The number of alkyl halides is 3. The molecule has 0 fully saturated rings. The molecule has 8 heteroatoms. The summed E-state index contributed by atoms with van der Waals surface area (Å²) in [7, 11) is 0. The van der Waals surface area contributed by atoms with Crippen LogP contribution in [0, 0.1) is 0 Å². The van der Waals surface area contributed by atoms with Gasteiger partial charge >= 0.3 is 18.2 Å². The molecule has 134 valence electrons. The van der Waals surface area contributed by atoms with E-state index in [1.165, 1.54) is 11.0 Å². The van der Waals surface area contributed by atoms with Gasteiger partial charge in [0.25, 0.3) is 0 Å². The Morgan fingerprint density at radius 3 is 2.54 bits per heavy atom. The molecule has 0 aliphatic rings. The summed E-state index contributed by atoms with van der Waals surface area (Å²) < 4.78 is 38.4. The number of carboxylic acid groups (broad SMARTS) is 1. The van der Waals surface area contributed by atoms with E-state index in [1.54, 1.807) is 19.9 Å². The predicted molar refractivity (Wildman–Crippen MR) is 82.5 cm³/mol. The second-order valence-corrected chi connectivity index (χ2v) is 5.31. The molecule has 0 heterocycles. The lowest BCUT2D eigenvalue weighted by molar-refractivity contribution is -0.138. The number of aliphatic carboxylic acids is 1. The van der Waals surface area contributed by atoms with Gasteiger partial charge in [0, 0.05) is 19.5 Å². The van der Waals surface area contributed by atoms with Crippen LogP contribution in [-0.4, -0.2) is 35.1 Å². The zero-order valence-electron chi connectivity index (χ0n) is 13.6. The van der Waals surface area contributed by atoms with Gasteiger partial charge < -0.3 is 15.3 Å². The number of benzene rings is 1. The van der Waals surface area contributed by atoms with E-state index in [9.17, 15) is 22.8 Å². The van der Waals surface area contributed by atoms with Crippen LogP contribution in [0.25, 0.3) is 0 Å². The van der Waals surface area contributed by atoms with Crippen LogP contribution < -0.4 is 5.32 Å². The smallest absolute Gasteiger partial charge is 0.416 e. The fraction of sp³-hybridized carbons (Fsp3) is 0.500. The van der Waals surface area contributed by atoms with Gasteiger partial charge in [-0.25, -0.2) is 4.79 Å². The van der Waals surface area contributed by atoms with Gasteiger partial charge in [-0.1, -0.05) is 12.1 Å². The Bertz CT molecular complexity index is 576. The van der Waals surface area contributed by atoms with Gasteiger partial charge in [0.1, 0.15) is 0 Å². The molecule has 0 aromatic heterocycles. The SMILES string of the molecule is CCN(C(=O)NCCCC(=O)O)C(C)c1cccc(C(F)(F)F)c1. The average molecular weight is 346 g/mol. The first-order chi connectivity index (χ1) is 11.2. The van der Waals surface area contributed by atoms with Gasteiger partial charge in [0.05, 0.1) is 11.6 Å². The number of hydrogen-bond acceptors (Lipinski definition) is 2. The number of urea groups is 1. The monoisotopic (exact) mass is 346 g/mol. The summed E-state index contributed by atoms with van der Waals surface area (Å²) >= 11 is 0. The molecule has 1 atom stereocenters. The van der Waals surface area contributed by atoms with E-state index >= 15 is 0 Å². The lowest BCUT2D eigenvalue weighted by atomic mass is 10.0. The molecule has 2 amide bonds. The van der Waals surface area contributed by atoms with E-state index in [0.29, 0.717) is 12.1 Å². The molecule has 0 aliphatic heterocycles. The molecular formula is C16H21F3N2O3. The zero-order valence-corrected chi connectivity index (χ0v) is 13.6. The molecule has 0 saturated heterocycles. The maximum absolute atomic E-state index is 12.8. The summed E-state index contributed by atoms with van der Waals surface area (Å²) in [6.45, 7) is 3.87. The van der Waals surface area contributed by atoms with Crippen molar-refractivity contribution in [1.82, 2.24) is 10.2 Å². The Balaban J connectivity index is 2.77. The van der Waals surface area contributed by atoms with Crippen LogP contribution in [0.5, 0.6) is 0 Å². The van der Waals surface area contributed by atoms with Gasteiger partial charge in [0.15, 0.2) is 0 Å². The molecule has 0 bridgehead atoms. The molecular weight excluding hydrogens is 325 g/mol. The highest BCUT2D eigenvalue weighted by molar-refractivity contribution is 5.74. The van der Waals surface area contributed by atoms with Crippen LogP contribution in [-0.2, 0) is 11.0 Å². The maximum Gasteiger partial charge on any atom is 0.416 e. The number of rotatable bonds is 7. The van der Waals surface area contributed by atoms with Gasteiger partial charge in [-0.3, -0.25) is 4.79 Å². The minimum atomic E-state index is -4.44. The molecule has 24 heavy (non-hydrogen) atoms. The number of carbonyl (C=O) groups excluding carboxylic acids is 1. The zero-order chi connectivity index (χ0) is 18.3. The van der Waals surface area contributed by atoms with Gasteiger partial charge in [-0.15, -0.1) is 0 Å². The number of hydrogen-bond donors (Lipinski definition) is 2. The van der Waals surface area contributed by atoms with Crippen molar-refractivity contribution in [2.75, 3.05) is 13.1 Å². The van der Waals surface area contributed by atoms with E-state index in [0.717, 1.165) is 12.1 Å². The van der Waals surface area contributed by atoms with Crippen molar-refractivity contribution in [3.63, 3.8) is 0 Å². The first kappa shape index (κ1) is 19.8. The summed E-state index contributed by atoms with van der Waals surface area (Å²) in [5, 5.41) is 11.1. The second-order valence-electron chi connectivity index (χ2n) is 5.31. The Hall–Kier alpha value is -2.25. The summed E-state index contributed by atoms with van der Waals surface area (Å²) in [4.78, 5) is 24.0. The van der Waals surface area contributed by atoms with E-state index in [2.05, 4.69) is 5.32 Å². The normalized spacial score (nSPS) is 12.5. The standard InChI is InChI=1S/C16H21F3N2O3/c1-3-21(15(24)20-9-5-8-14(22)23)11(2)12-6-4-7-13(10-12)16(17,18)19/h4,6-7,10-11H,3,5,8-9H2,1-2H3,(H,20,24)(H,22,23). The van der Waals surface area contributed by atoms with E-state index < -0.39 is 29.8 Å². The number of amides is 2. The lowest BCUT2D eigenvalue weighted by Gasteiger charge is -2.29. The highest BCUT2D eigenvalue weighted by Gasteiger charge is 2.31. The van der Waals surface area contributed by atoms with Crippen LogP contribution in [0.1, 0.15) is 43.9 Å². The predicted octanol–water partition coefficient (Wildman–Crippen LogP) is 3.66. The van der Waals surface area contributed by atoms with E-state index in [4.69, 9.17) is 5.11 Å². The largest absolute Gasteiger partial charge is 0.481 e. The van der Waals surface area contributed by atoms with Gasteiger partial charge in [-0.2, -0.15) is 13.2 Å². The number of carbonyl (C=O) groups is 2. The highest BCUT2D eigenvalue weighted by Crippen LogP contribution is 2.31. The third-order valence-electron chi connectivity index (χ3n) is 3.61. The van der Waals surface area contributed by atoms with Crippen LogP contribution in [0.3, 0.4) is 0 Å². The Labute approximate surface area is 138 Å². The lowest BCUT2D eigenvalue weighted by Crippen LogP contribution is -2.41. The Morgan fingerprint density at radius 1 is 1.33 bits per heavy atom. The molecule has 0 radical (unpaired) electrons. The van der Waals surface area contributed by atoms with E-state index in [-0.39, 0.29) is 19.4 Å². The number of halogens is 3.